The zero-order valence-electron chi connectivity index (χ0n) is 41.3. The van der Waals surface area contributed by atoms with E-state index in [1.165, 1.54) is 0 Å². The molecule has 0 spiro atoms. The third-order valence-electron chi connectivity index (χ3n) is 16.1. The van der Waals surface area contributed by atoms with Crippen LogP contribution in [0.4, 0.5) is 8.78 Å². The SMILES string of the molecule is CC(C)(c1c(-c2ccc(F)cc2)c(-n2c3ccccc3c3c4c(ccc32)oc2ccccc24)cc(-n2c3ccccc3c3c4c(ccc32)oc2ccccc24)c1-c1ccc(F)cc1)n1c2ccccc2c2ccccc21. The predicted molar refractivity (Wildman–Crippen MR) is 308 cm³/mol. The van der Waals surface area contributed by atoms with Crippen LogP contribution in [0.3, 0.4) is 0 Å². The number of para-hydroxylation sites is 6. The van der Waals surface area contributed by atoms with Gasteiger partial charge in [-0.3, -0.25) is 0 Å². The summed E-state index contributed by atoms with van der Waals surface area (Å²) < 4.78 is 51.7. The van der Waals surface area contributed by atoms with Gasteiger partial charge in [0.1, 0.15) is 34.0 Å². The van der Waals surface area contributed by atoms with Crippen LogP contribution in [0.1, 0.15) is 19.4 Å². The highest BCUT2D eigenvalue weighted by molar-refractivity contribution is 6.29. The van der Waals surface area contributed by atoms with Gasteiger partial charge in [-0.2, -0.15) is 0 Å². The Morgan fingerprint density at radius 3 is 1.13 bits per heavy atom. The van der Waals surface area contributed by atoms with E-state index in [0.29, 0.717) is 0 Å². The molecule has 16 rings (SSSR count). The van der Waals surface area contributed by atoms with Gasteiger partial charge in [0.05, 0.1) is 39.0 Å². The molecule has 0 amide bonds. The lowest BCUT2D eigenvalue weighted by atomic mass is 9.79. The van der Waals surface area contributed by atoms with Crippen LogP contribution in [0.25, 0.3) is 143 Å². The lowest BCUT2D eigenvalue weighted by Gasteiger charge is -2.37. The van der Waals surface area contributed by atoms with Gasteiger partial charge in [-0.1, -0.05) is 133 Å². The molecular weight excluding hydrogens is 941 g/mol. The van der Waals surface area contributed by atoms with E-state index in [4.69, 9.17) is 8.83 Å². The van der Waals surface area contributed by atoms with Crippen molar-refractivity contribution in [2.45, 2.75) is 19.4 Å². The highest BCUT2D eigenvalue weighted by Crippen LogP contribution is 2.53. The number of benzene rings is 11. The van der Waals surface area contributed by atoms with Crippen LogP contribution in [0.2, 0.25) is 0 Å². The van der Waals surface area contributed by atoms with E-state index in [1.54, 1.807) is 24.3 Å². The average Bonchev–Trinajstić information content (AvgIpc) is 4.27. The quantitative estimate of drug-likeness (QED) is 0.167. The Kier molecular flexibility index (Phi) is 8.80. The van der Waals surface area contributed by atoms with Crippen molar-refractivity contribution in [1.29, 1.82) is 0 Å². The van der Waals surface area contributed by atoms with Gasteiger partial charge in [0.25, 0.3) is 0 Å². The average molecular weight is 984 g/mol. The van der Waals surface area contributed by atoms with Crippen LogP contribution in [0.15, 0.2) is 233 Å². The Labute approximate surface area is 433 Å². The molecule has 0 aliphatic rings. The number of nitrogens with zero attached hydrogens (tertiary/aromatic N) is 3. The van der Waals surface area contributed by atoms with Crippen molar-refractivity contribution in [2.24, 2.45) is 0 Å². The minimum Gasteiger partial charge on any atom is -0.456 e. The second kappa shape index (κ2) is 15.7. The van der Waals surface area contributed by atoms with E-state index in [2.05, 4.69) is 179 Å². The summed E-state index contributed by atoms with van der Waals surface area (Å²) >= 11 is 0. The van der Waals surface area contributed by atoms with Gasteiger partial charge >= 0.3 is 0 Å². The first kappa shape index (κ1) is 42.8. The summed E-state index contributed by atoms with van der Waals surface area (Å²) in [6.07, 6.45) is 0. The van der Waals surface area contributed by atoms with Crippen molar-refractivity contribution in [1.82, 2.24) is 13.7 Å². The van der Waals surface area contributed by atoms with Crippen LogP contribution < -0.4 is 0 Å². The summed E-state index contributed by atoms with van der Waals surface area (Å²) in [5.41, 5.74) is 14.6. The Morgan fingerprint density at radius 2 is 0.697 bits per heavy atom. The number of aromatic nitrogens is 3. The van der Waals surface area contributed by atoms with Crippen LogP contribution >= 0.6 is 0 Å². The Bertz CT molecular complexity index is 4790. The van der Waals surface area contributed by atoms with E-state index in [-0.39, 0.29) is 11.6 Å². The van der Waals surface area contributed by atoms with Gasteiger partial charge in [-0.25, -0.2) is 8.78 Å². The van der Waals surface area contributed by atoms with Crippen molar-refractivity contribution in [2.75, 3.05) is 0 Å². The maximum atomic E-state index is 15.6. The minimum absolute atomic E-state index is 0.335. The molecule has 0 atom stereocenters. The zero-order valence-corrected chi connectivity index (χ0v) is 41.3. The summed E-state index contributed by atoms with van der Waals surface area (Å²) in [6.45, 7) is 4.60. The molecule has 5 nitrogen and oxygen atoms in total. The Morgan fingerprint density at radius 1 is 0.329 bits per heavy atom. The summed E-state index contributed by atoms with van der Waals surface area (Å²) in [6, 6.07) is 75.7. The summed E-state index contributed by atoms with van der Waals surface area (Å²) in [7, 11) is 0. The van der Waals surface area contributed by atoms with Gasteiger partial charge in [-0.05, 0) is 122 Å². The largest absolute Gasteiger partial charge is 0.456 e. The molecule has 0 unspecified atom stereocenters. The number of furan rings is 2. The lowest BCUT2D eigenvalue weighted by Crippen LogP contribution is -2.30. The molecule has 0 saturated carbocycles. The first-order valence-corrected chi connectivity index (χ1v) is 25.7. The van der Waals surface area contributed by atoms with Crippen molar-refractivity contribution in [3.8, 4) is 33.6 Å². The number of fused-ring (bicyclic) bond motifs is 17. The second-order valence-electron chi connectivity index (χ2n) is 20.5. The molecule has 0 fully saturated rings. The van der Waals surface area contributed by atoms with Gasteiger partial charge in [-0.15, -0.1) is 0 Å². The predicted octanol–water partition coefficient (Wildman–Crippen LogP) is 19.2. The van der Waals surface area contributed by atoms with E-state index >= 15 is 8.78 Å². The Balaban J connectivity index is 1.18. The normalized spacial score (nSPS) is 12.5. The molecule has 0 N–H and O–H groups in total. The van der Waals surface area contributed by atoms with Crippen molar-refractivity contribution >= 4 is 109 Å². The molecule has 0 saturated heterocycles. The first-order chi connectivity index (χ1) is 37.3. The zero-order chi connectivity index (χ0) is 50.6. The van der Waals surface area contributed by atoms with Gasteiger partial charge < -0.3 is 22.5 Å². The van der Waals surface area contributed by atoms with E-state index in [0.717, 1.165) is 148 Å². The van der Waals surface area contributed by atoms with Gasteiger partial charge in [0.2, 0.25) is 0 Å². The molecular formula is C69H43F2N3O2. The van der Waals surface area contributed by atoms with Gasteiger partial charge in [0.15, 0.2) is 0 Å². The highest BCUT2D eigenvalue weighted by Gasteiger charge is 2.37. The van der Waals surface area contributed by atoms with Crippen LogP contribution in [-0.2, 0) is 5.54 Å². The third kappa shape index (κ3) is 5.82. The number of rotatable bonds is 6. The summed E-state index contributed by atoms with van der Waals surface area (Å²) in [5, 5.41) is 10.7. The van der Waals surface area contributed by atoms with Crippen molar-refractivity contribution < 1.29 is 17.6 Å². The Hall–Kier alpha value is -9.72. The smallest absolute Gasteiger partial charge is 0.136 e. The molecule has 0 aliphatic heterocycles. The monoisotopic (exact) mass is 983 g/mol. The third-order valence-corrected chi connectivity index (χ3v) is 16.1. The molecule has 0 radical (unpaired) electrons. The second-order valence-corrected chi connectivity index (χ2v) is 20.5. The molecule has 16 aromatic rings. The van der Waals surface area contributed by atoms with E-state index in [9.17, 15) is 0 Å². The van der Waals surface area contributed by atoms with Gasteiger partial charge in [0, 0.05) is 76.0 Å². The standard InChI is InChI=1S/C69H43F2N3O2/c1-69(2,74-52-23-11-3-15-44(52)45-16-4-12-24-53(45)74)68-62(40-27-31-42(70)32-28-40)56(72-50-21-9-5-17-46(50)64-54(72)35-37-60-66(64)48-19-7-13-25-58(48)75-60)39-57(63(68)41-29-33-43(71)34-30-41)73-51-22-10-6-18-47(51)65-55(73)36-38-61-67(65)49-20-8-14-26-59(49)76-61/h3-39H,1-2H3. The molecule has 0 aliphatic carbocycles. The molecule has 11 aromatic carbocycles. The molecule has 0 bridgehead atoms. The maximum absolute atomic E-state index is 15.6. The van der Waals surface area contributed by atoms with Crippen LogP contribution in [0, 0.1) is 11.6 Å². The van der Waals surface area contributed by atoms with E-state index in [1.807, 2.05) is 48.5 Å². The molecule has 76 heavy (non-hydrogen) atoms. The fourth-order valence-electron chi connectivity index (χ4n) is 13.1. The number of halogens is 2. The molecule has 5 aromatic heterocycles. The summed E-state index contributed by atoms with van der Waals surface area (Å²) in [4.78, 5) is 0. The van der Waals surface area contributed by atoms with Crippen LogP contribution in [0.5, 0.6) is 0 Å². The molecule has 7 heteroatoms. The topological polar surface area (TPSA) is 41.1 Å². The lowest BCUT2D eigenvalue weighted by molar-refractivity contribution is 0.467. The number of hydrogen-bond acceptors (Lipinski definition) is 2. The van der Waals surface area contributed by atoms with Crippen molar-refractivity contribution in [3.63, 3.8) is 0 Å². The molecule has 360 valence electrons. The minimum atomic E-state index is -0.902. The van der Waals surface area contributed by atoms with E-state index < -0.39 is 5.54 Å². The molecule has 5 heterocycles. The highest BCUT2D eigenvalue weighted by atomic mass is 19.1. The van der Waals surface area contributed by atoms with Crippen LogP contribution in [-0.4, -0.2) is 13.7 Å². The fraction of sp³-hybridized carbons (Fsp3) is 0.0435. The maximum Gasteiger partial charge on any atom is 0.136 e. The number of hydrogen-bond donors (Lipinski definition) is 0. The summed E-state index contributed by atoms with van der Waals surface area (Å²) in [5.74, 6) is -0.670. The fourth-order valence-corrected chi connectivity index (χ4v) is 13.1. The van der Waals surface area contributed by atoms with Crippen molar-refractivity contribution in [3.05, 3.63) is 242 Å². The first-order valence-electron chi connectivity index (χ1n) is 25.7.